The van der Waals surface area contributed by atoms with Crippen molar-refractivity contribution in [1.29, 1.82) is 0 Å². The van der Waals surface area contributed by atoms with E-state index in [1.807, 2.05) is 45.9 Å². The number of nitrogens with two attached hydrogens (primary N) is 1. The van der Waals surface area contributed by atoms with Gasteiger partial charge in [-0.05, 0) is 44.9 Å². The number of nitrogens with one attached hydrogen (secondary N) is 1. The molecule has 1 aromatic carbocycles. The Morgan fingerprint density at radius 1 is 1.41 bits per heavy atom. The number of amides is 1. The average molecular weight is 236 g/mol. The van der Waals surface area contributed by atoms with E-state index >= 15 is 0 Å². The van der Waals surface area contributed by atoms with E-state index in [0.29, 0.717) is 6.54 Å². The summed E-state index contributed by atoms with van der Waals surface area (Å²) in [5.74, 6) is 0. The second-order valence-corrected chi connectivity index (χ2v) is 4.98. The number of anilines is 1. The van der Waals surface area contributed by atoms with Gasteiger partial charge >= 0.3 is 6.09 Å². The predicted molar refractivity (Wildman–Crippen MR) is 68.9 cm³/mol. The molecule has 0 atom stereocenters. The molecule has 0 aliphatic carbocycles. The first-order valence-electron chi connectivity index (χ1n) is 5.61. The summed E-state index contributed by atoms with van der Waals surface area (Å²) >= 11 is 0. The number of hydrogen-bond donors (Lipinski definition) is 2. The van der Waals surface area contributed by atoms with Gasteiger partial charge in [0.2, 0.25) is 0 Å². The van der Waals surface area contributed by atoms with Crippen LogP contribution in [-0.4, -0.2) is 11.7 Å². The van der Waals surface area contributed by atoms with Crippen molar-refractivity contribution >= 4 is 11.8 Å². The molecular weight excluding hydrogens is 216 g/mol. The van der Waals surface area contributed by atoms with Crippen molar-refractivity contribution in [2.75, 3.05) is 5.32 Å². The van der Waals surface area contributed by atoms with Crippen molar-refractivity contribution in [3.8, 4) is 0 Å². The molecule has 0 aliphatic rings. The van der Waals surface area contributed by atoms with E-state index in [9.17, 15) is 4.79 Å². The molecule has 1 amide bonds. The first-order valence-corrected chi connectivity index (χ1v) is 5.61. The smallest absolute Gasteiger partial charge is 0.412 e. The minimum Gasteiger partial charge on any atom is -0.444 e. The number of benzene rings is 1. The summed E-state index contributed by atoms with van der Waals surface area (Å²) in [6, 6.07) is 5.73. The van der Waals surface area contributed by atoms with Gasteiger partial charge < -0.3 is 10.5 Å². The second-order valence-electron chi connectivity index (χ2n) is 4.98. The molecule has 0 radical (unpaired) electrons. The van der Waals surface area contributed by atoms with Gasteiger partial charge in [-0.1, -0.05) is 12.1 Å². The quantitative estimate of drug-likeness (QED) is 0.829. The average Bonchev–Trinajstić information content (AvgIpc) is 2.18. The van der Waals surface area contributed by atoms with Crippen LogP contribution in [0.4, 0.5) is 10.5 Å². The summed E-state index contributed by atoms with van der Waals surface area (Å²) in [6.07, 6.45) is -0.449. The number of carbonyl (C=O) groups is 1. The van der Waals surface area contributed by atoms with E-state index in [1.54, 1.807) is 0 Å². The maximum absolute atomic E-state index is 11.6. The van der Waals surface area contributed by atoms with Crippen molar-refractivity contribution in [3.63, 3.8) is 0 Å². The van der Waals surface area contributed by atoms with Gasteiger partial charge in [0.05, 0.1) is 0 Å². The lowest BCUT2D eigenvalue weighted by molar-refractivity contribution is 0.0636. The lowest BCUT2D eigenvalue weighted by Gasteiger charge is -2.20. The number of carbonyl (C=O) groups excluding carboxylic acids is 1. The van der Waals surface area contributed by atoms with E-state index in [4.69, 9.17) is 10.5 Å². The summed E-state index contributed by atoms with van der Waals surface area (Å²) < 4.78 is 5.19. The van der Waals surface area contributed by atoms with Crippen LogP contribution in [0.25, 0.3) is 0 Å². The van der Waals surface area contributed by atoms with E-state index < -0.39 is 11.7 Å². The normalized spacial score (nSPS) is 11.1. The van der Waals surface area contributed by atoms with Crippen molar-refractivity contribution in [2.45, 2.75) is 39.8 Å². The molecule has 0 saturated carbocycles. The van der Waals surface area contributed by atoms with Crippen LogP contribution in [0.3, 0.4) is 0 Å². The van der Waals surface area contributed by atoms with Crippen LogP contribution in [0, 0.1) is 6.92 Å². The third-order valence-electron chi connectivity index (χ3n) is 2.17. The number of rotatable bonds is 2. The molecule has 0 spiro atoms. The molecule has 1 rings (SSSR count). The largest absolute Gasteiger partial charge is 0.444 e. The molecule has 0 heterocycles. The minimum absolute atomic E-state index is 0.448. The molecule has 0 unspecified atom stereocenters. The molecule has 3 N–H and O–H groups in total. The Labute approximate surface area is 102 Å². The lowest BCUT2D eigenvalue weighted by atomic mass is 10.1. The lowest BCUT2D eigenvalue weighted by Crippen LogP contribution is -2.27. The molecule has 0 aromatic heterocycles. The molecule has 1 aromatic rings. The summed E-state index contributed by atoms with van der Waals surface area (Å²) in [7, 11) is 0. The van der Waals surface area contributed by atoms with Gasteiger partial charge in [0.25, 0.3) is 0 Å². The zero-order valence-electron chi connectivity index (χ0n) is 10.8. The highest BCUT2D eigenvalue weighted by molar-refractivity contribution is 5.86. The zero-order chi connectivity index (χ0) is 13.1. The SMILES string of the molecule is Cc1ccc(CN)cc1NC(=O)OC(C)(C)C. The van der Waals surface area contributed by atoms with Crippen LogP contribution in [0.1, 0.15) is 31.9 Å². The van der Waals surface area contributed by atoms with Crippen molar-refractivity contribution < 1.29 is 9.53 Å². The monoisotopic (exact) mass is 236 g/mol. The zero-order valence-corrected chi connectivity index (χ0v) is 10.8. The molecule has 4 heteroatoms. The van der Waals surface area contributed by atoms with Crippen molar-refractivity contribution in [1.82, 2.24) is 0 Å². The Bertz CT molecular complexity index is 408. The summed E-state index contributed by atoms with van der Waals surface area (Å²) in [5.41, 5.74) is 7.75. The van der Waals surface area contributed by atoms with Gasteiger partial charge in [0.15, 0.2) is 0 Å². The van der Waals surface area contributed by atoms with Crippen LogP contribution in [0.15, 0.2) is 18.2 Å². The van der Waals surface area contributed by atoms with Crippen molar-refractivity contribution in [3.05, 3.63) is 29.3 Å². The molecule has 4 nitrogen and oxygen atoms in total. The third kappa shape index (κ3) is 4.44. The highest BCUT2D eigenvalue weighted by atomic mass is 16.6. The Kier molecular flexibility index (Phi) is 4.12. The van der Waals surface area contributed by atoms with Gasteiger partial charge in [-0.15, -0.1) is 0 Å². The Hall–Kier alpha value is -1.55. The van der Waals surface area contributed by atoms with E-state index in [2.05, 4.69) is 5.32 Å². The molecule has 0 fully saturated rings. The molecule has 17 heavy (non-hydrogen) atoms. The summed E-state index contributed by atoms with van der Waals surface area (Å²) in [5, 5.41) is 2.72. The van der Waals surface area contributed by atoms with Crippen LogP contribution in [0.5, 0.6) is 0 Å². The fourth-order valence-corrected chi connectivity index (χ4v) is 1.34. The first-order chi connectivity index (χ1) is 7.81. The molecule has 0 saturated heterocycles. The van der Waals surface area contributed by atoms with Gasteiger partial charge in [0, 0.05) is 12.2 Å². The highest BCUT2D eigenvalue weighted by Gasteiger charge is 2.16. The second kappa shape index (κ2) is 5.19. The standard InChI is InChI=1S/C13H20N2O2/c1-9-5-6-10(8-14)7-11(9)15-12(16)17-13(2,3)4/h5-7H,8,14H2,1-4H3,(H,15,16). The van der Waals surface area contributed by atoms with Crippen molar-refractivity contribution in [2.24, 2.45) is 5.73 Å². The Morgan fingerprint density at radius 2 is 2.06 bits per heavy atom. The predicted octanol–water partition coefficient (Wildman–Crippen LogP) is 2.80. The van der Waals surface area contributed by atoms with E-state index in [0.717, 1.165) is 16.8 Å². The topological polar surface area (TPSA) is 64.3 Å². The minimum atomic E-state index is -0.497. The Morgan fingerprint density at radius 3 is 2.59 bits per heavy atom. The van der Waals surface area contributed by atoms with Crippen LogP contribution in [-0.2, 0) is 11.3 Å². The third-order valence-corrected chi connectivity index (χ3v) is 2.17. The maximum Gasteiger partial charge on any atom is 0.412 e. The first kappa shape index (κ1) is 13.5. The van der Waals surface area contributed by atoms with Gasteiger partial charge in [0.1, 0.15) is 5.60 Å². The number of aryl methyl sites for hydroxylation is 1. The van der Waals surface area contributed by atoms with E-state index in [1.165, 1.54) is 0 Å². The molecular formula is C13H20N2O2. The molecule has 0 bridgehead atoms. The van der Waals surface area contributed by atoms with Gasteiger partial charge in [-0.25, -0.2) is 4.79 Å². The summed E-state index contributed by atoms with van der Waals surface area (Å²) in [6.45, 7) is 7.86. The number of ether oxygens (including phenoxy) is 1. The Balaban J connectivity index is 2.77. The van der Waals surface area contributed by atoms with Crippen LogP contribution >= 0.6 is 0 Å². The van der Waals surface area contributed by atoms with Gasteiger partial charge in [-0.3, -0.25) is 5.32 Å². The van der Waals surface area contributed by atoms with Crippen LogP contribution in [0.2, 0.25) is 0 Å². The molecule has 0 aliphatic heterocycles. The molecule has 94 valence electrons. The summed E-state index contributed by atoms with van der Waals surface area (Å²) in [4.78, 5) is 11.6. The van der Waals surface area contributed by atoms with Gasteiger partial charge in [-0.2, -0.15) is 0 Å². The van der Waals surface area contributed by atoms with E-state index in [-0.39, 0.29) is 0 Å². The maximum atomic E-state index is 11.6. The fourth-order valence-electron chi connectivity index (χ4n) is 1.34. The fraction of sp³-hybridized carbons (Fsp3) is 0.462. The number of hydrogen-bond acceptors (Lipinski definition) is 3. The highest BCUT2D eigenvalue weighted by Crippen LogP contribution is 2.18. The van der Waals surface area contributed by atoms with Crippen LogP contribution < -0.4 is 11.1 Å².